The Labute approximate surface area is 168 Å². The minimum atomic E-state index is -0.133. The van der Waals surface area contributed by atoms with E-state index in [9.17, 15) is 4.79 Å². The first-order valence-electron chi connectivity index (χ1n) is 8.79. The summed E-state index contributed by atoms with van der Waals surface area (Å²) in [5.41, 5.74) is 0.785. The number of amidine groups is 1. The van der Waals surface area contributed by atoms with E-state index in [4.69, 9.17) is 21.1 Å². The number of benzene rings is 2. The summed E-state index contributed by atoms with van der Waals surface area (Å²) >= 11 is 7.65. The Hall–Kier alpha value is -2.18. The van der Waals surface area contributed by atoms with Gasteiger partial charge in [-0.15, -0.1) is 0 Å². The fraction of sp³-hybridized carbons (Fsp3) is 0.300. The number of ether oxygens (including phenoxy) is 2. The van der Waals surface area contributed by atoms with Gasteiger partial charge in [0, 0.05) is 12.3 Å². The molecule has 1 fully saturated rings. The van der Waals surface area contributed by atoms with Crippen molar-refractivity contribution in [3.8, 4) is 11.5 Å². The minimum Gasteiger partial charge on any atom is -0.494 e. The number of hydrogen-bond donors (Lipinski definition) is 0. The van der Waals surface area contributed by atoms with Gasteiger partial charge in [-0.25, -0.2) is 4.99 Å². The molecule has 1 saturated heterocycles. The van der Waals surface area contributed by atoms with Gasteiger partial charge in [0.1, 0.15) is 11.5 Å². The molecular weight excluding hydrogens is 384 g/mol. The third kappa shape index (κ3) is 5.40. The molecule has 0 radical (unpaired) electrons. The molecule has 1 heterocycles. The molecule has 5 nitrogen and oxygen atoms in total. The van der Waals surface area contributed by atoms with E-state index in [1.165, 1.54) is 0 Å². The summed E-state index contributed by atoms with van der Waals surface area (Å²) in [6, 6.07) is 14.6. The van der Waals surface area contributed by atoms with Crippen molar-refractivity contribution in [2.75, 3.05) is 25.5 Å². The fourth-order valence-corrected chi connectivity index (χ4v) is 3.72. The van der Waals surface area contributed by atoms with E-state index in [0.717, 1.165) is 23.6 Å². The largest absolute Gasteiger partial charge is 0.494 e. The molecule has 0 saturated carbocycles. The van der Waals surface area contributed by atoms with Crippen LogP contribution in [-0.2, 0) is 4.79 Å². The number of amides is 1. The zero-order valence-corrected chi connectivity index (χ0v) is 16.6. The molecule has 3 rings (SSSR count). The molecule has 2 aromatic carbocycles. The predicted octanol–water partition coefficient (Wildman–Crippen LogP) is 4.77. The Morgan fingerprint density at radius 1 is 1.19 bits per heavy atom. The zero-order chi connectivity index (χ0) is 19.1. The summed E-state index contributed by atoms with van der Waals surface area (Å²) < 4.78 is 11.0. The van der Waals surface area contributed by atoms with Crippen LogP contribution in [0.2, 0.25) is 5.02 Å². The maximum Gasteiger partial charge on any atom is 0.266 e. The highest BCUT2D eigenvalue weighted by Crippen LogP contribution is 2.26. The number of carbonyl (C=O) groups excluding carboxylic acids is 1. The normalized spacial score (nSPS) is 15.6. The second kappa shape index (κ2) is 9.67. The van der Waals surface area contributed by atoms with Crippen LogP contribution < -0.4 is 9.47 Å². The van der Waals surface area contributed by atoms with Gasteiger partial charge in [0.2, 0.25) is 0 Å². The lowest BCUT2D eigenvalue weighted by atomic mass is 10.3. The number of aliphatic imine (C=N–C) groups is 1. The zero-order valence-electron chi connectivity index (χ0n) is 15.1. The molecule has 0 aromatic heterocycles. The molecule has 0 spiro atoms. The highest BCUT2D eigenvalue weighted by atomic mass is 35.5. The second-order valence-electron chi connectivity index (χ2n) is 5.79. The third-order valence-electron chi connectivity index (χ3n) is 3.85. The molecule has 0 aliphatic carbocycles. The van der Waals surface area contributed by atoms with Crippen LogP contribution in [0.25, 0.3) is 0 Å². The van der Waals surface area contributed by atoms with Crippen molar-refractivity contribution in [3.05, 3.63) is 53.6 Å². The molecule has 2 aromatic rings. The van der Waals surface area contributed by atoms with Crippen molar-refractivity contribution in [1.82, 2.24) is 4.90 Å². The van der Waals surface area contributed by atoms with Gasteiger partial charge in [0.05, 0.1) is 17.3 Å². The van der Waals surface area contributed by atoms with Crippen LogP contribution in [0, 0.1) is 0 Å². The first-order chi connectivity index (χ1) is 13.2. The highest BCUT2D eigenvalue weighted by molar-refractivity contribution is 8.13. The number of rotatable bonds is 6. The molecule has 142 valence electrons. The summed E-state index contributed by atoms with van der Waals surface area (Å²) in [5.74, 6) is 2.11. The Morgan fingerprint density at radius 3 is 2.70 bits per heavy atom. The van der Waals surface area contributed by atoms with Crippen LogP contribution in [0.1, 0.15) is 13.3 Å². The molecule has 0 N–H and O–H groups in total. The van der Waals surface area contributed by atoms with Gasteiger partial charge in [-0.2, -0.15) is 0 Å². The van der Waals surface area contributed by atoms with E-state index in [2.05, 4.69) is 4.99 Å². The lowest BCUT2D eigenvalue weighted by Gasteiger charge is -2.27. The predicted molar refractivity (Wildman–Crippen MR) is 110 cm³/mol. The fourth-order valence-electron chi connectivity index (χ4n) is 2.56. The standard InChI is InChI=1S/C20H21ClN2O3S/c1-2-25-16-10-8-15(9-11-16)22-20-23(12-5-13-27-20)19(24)14-26-18-7-4-3-6-17(18)21/h3-4,6-11H,2,5,12-14H2,1H3. The van der Waals surface area contributed by atoms with E-state index in [1.54, 1.807) is 28.8 Å². The van der Waals surface area contributed by atoms with Gasteiger partial charge < -0.3 is 9.47 Å². The van der Waals surface area contributed by atoms with Crippen LogP contribution in [0.3, 0.4) is 0 Å². The molecular formula is C20H21ClN2O3S. The Balaban J connectivity index is 1.68. The van der Waals surface area contributed by atoms with Gasteiger partial charge in [0.15, 0.2) is 11.8 Å². The van der Waals surface area contributed by atoms with Crippen molar-refractivity contribution in [2.45, 2.75) is 13.3 Å². The summed E-state index contributed by atoms with van der Waals surface area (Å²) in [6.07, 6.45) is 0.921. The average Bonchev–Trinajstić information content (AvgIpc) is 2.69. The smallest absolute Gasteiger partial charge is 0.266 e. The molecule has 7 heteroatoms. The van der Waals surface area contributed by atoms with E-state index in [0.29, 0.717) is 29.1 Å². The summed E-state index contributed by atoms with van der Waals surface area (Å²) in [7, 11) is 0. The van der Waals surface area contributed by atoms with Gasteiger partial charge in [-0.1, -0.05) is 35.5 Å². The molecule has 0 unspecified atom stereocenters. The first kappa shape index (κ1) is 19.6. The number of carbonyl (C=O) groups is 1. The number of para-hydroxylation sites is 1. The van der Waals surface area contributed by atoms with Gasteiger partial charge in [0.25, 0.3) is 5.91 Å². The summed E-state index contributed by atoms with van der Waals surface area (Å²) in [6.45, 7) is 3.12. The average molecular weight is 405 g/mol. The second-order valence-corrected chi connectivity index (χ2v) is 7.26. The van der Waals surface area contributed by atoms with E-state index < -0.39 is 0 Å². The Bertz CT molecular complexity index is 811. The first-order valence-corrected chi connectivity index (χ1v) is 10.2. The van der Waals surface area contributed by atoms with Crippen molar-refractivity contribution in [2.24, 2.45) is 4.99 Å². The van der Waals surface area contributed by atoms with Gasteiger partial charge in [-0.3, -0.25) is 9.69 Å². The van der Waals surface area contributed by atoms with E-state index in [-0.39, 0.29) is 12.5 Å². The quantitative estimate of drug-likeness (QED) is 0.695. The van der Waals surface area contributed by atoms with Crippen LogP contribution >= 0.6 is 23.4 Å². The Morgan fingerprint density at radius 2 is 1.96 bits per heavy atom. The Kier molecular flexibility index (Phi) is 7.01. The lowest BCUT2D eigenvalue weighted by Crippen LogP contribution is -2.41. The van der Waals surface area contributed by atoms with Gasteiger partial charge in [-0.05, 0) is 49.7 Å². The van der Waals surface area contributed by atoms with E-state index >= 15 is 0 Å². The van der Waals surface area contributed by atoms with Crippen LogP contribution in [0.5, 0.6) is 11.5 Å². The van der Waals surface area contributed by atoms with Crippen LogP contribution in [-0.4, -0.2) is 41.5 Å². The van der Waals surface area contributed by atoms with Crippen molar-refractivity contribution in [1.29, 1.82) is 0 Å². The molecule has 1 aliphatic rings. The number of thioether (sulfide) groups is 1. The number of nitrogens with zero attached hydrogens (tertiary/aromatic N) is 2. The molecule has 0 bridgehead atoms. The summed E-state index contributed by atoms with van der Waals surface area (Å²) in [5, 5.41) is 1.18. The van der Waals surface area contributed by atoms with Crippen molar-refractivity contribution in [3.63, 3.8) is 0 Å². The highest BCUT2D eigenvalue weighted by Gasteiger charge is 2.24. The minimum absolute atomic E-state index is 0.0768. The van der Waals surface area contributed by atoms with Crippen molar-refractivity contribution < 1.29 is 14.3 Å². The molecule has 1 amide bonds. The number of hydrogen-bond acceptors (Lipinski definition) is 5. The molecule has 27 heavy (non-hydrogen) atoms. The topological polar surface area (TPSA) is 51.1 Å². The number of halogens is 1. The lowest BCUT2D eigenvalue weighted by molar-refractivity contribution is -0.129. The maximum atomic E-state index is 12.7. The van der Waals surface area contributed by atoms with E-state index in [1.807, 2.05) is 43.3 Å². The van der Waals surface area contributed by atoms with Crippen molar-refractivity contribution >= 4 is 40.1 Å². The van der Waals surface area contributed by atoms with Gasteiger partial charge >= 0.3 is 0 Å². The SMILES string of the molecule is CCOc1ccc(N=C2SCCCN2C(=O)COc2ccccc2Cl)cc1. The molecule has 0 atom stereocenters. The monoisotopic (exact) mass is 404 g/mol. The van der Waals surface area contributed by atoms with Crippen LogP contribution in [0.4, 0.5) is 5.69 Å². The third-order valence-corrected chi connectivity index (χ3v) is 5.22. The summed E-state index contributed by atoms with van der Waals surface area (Å²) in [4.78, 5) is 19.0. The maximum absolute atomic E-state index is 12.7. The molecule has 1 aliphatic heterocycles. The van der Waals surface area contributed by atoms with Crippen LogP contribution in [0.15, 0.2) is 53.5 Å².